The number of rotatable bonds is 5. The standard InChI is InChI=1S/C21H39FN2O3/c1-20(2,3)26-15-19(25)24-11-7-16(8-12-24)13-23-10-9-18(17(22)14-23)27-21(4,5)6/h16-18H,7-15H2,1-6H3. The summed E-state index contributed by atoms with van der Waals surface area (Å²) in [4.78, 5) is 16.4. The van der Waals surface area contributed by atoms with Gasteiger partial charge in [-0.05, 0) is 66.7 Å². The van der Waals surface area contributed by atoms with Crippen LogP contribution in [0.4, 0.5) is 4.39 Å². The summed E-state index contributed by atoms with van der Waals surface area (Å²) in [6, 6.07) is 0. The largest absolute Gasteiger partial charge is 0.370 e. The van der Waals surface area contributed by atoms with Gasteiger partial charge in [0.15, 0.2) is 0 Å². The normalized spacial score (nSPS) is 26.4. The third-order valence-electron chi connectivity index (χ3n) is 5.18. The molecule has 0 aromatic carbocycles. The minimum absolute atomic E-state index is 0.0762. The number of alkyl halides is 1. The first-order valence-corrected chi connectivity index (χ1v) is 10.4. The minimum atomic E-state index is -0.922. The second-order valence-corrected chi connectivity index (χ2v) is 10.1. The number of likely N-dealkylation sites (tertiary alicyclic amines) is 2. The Balaban J connectivity index is 1.70. The molecule has 2 unspecified atom stereocenters. The quantitative estimate of drug-likeness (QED) is 0.727. The lowest BCUT2D eigenvalue weighted by atomic mass is 9.94. The lowest BCUT2D eigenvalue weighted by Crippen LogP contribution is -2.50. The van der Waals surface area contributed by atoms with E-state index in [1.807, 2.05) is 46.4 Å². The van der Waals surface area contributed by atoms with Crippen molar-refractivity contribution in [3.8, 4) is 0 Å². The zero-order valence-corrected chi connectivity index (χ0v) is 18.1. The number of amides is 1. The molecule has 0 radical (unpaired) electrons. The summed E-state index contributed by atoms with van der Waals surface area (Å²) in [6.07, 6.45) is 1.51. The van der Waals surface area contributed by atoms with Crippen LogP contribution < -0.4 is 0 Å². The molecule has 2 saturated heterocycles. The van der Waals surface area contributed by atoms with Gasteiger partial charge in [0.1, 0.15) is 12.8 Å². The van der Waals surface area contributed by atoms with Crippen LogP contribution >= 0.6 is 0 Å². The summed E-state index contributed by atoms with van der Waals surface area (Å²) < 4.78 is 26.0. The van der Waals surface area contributed by atoms with Gasteiger partial charge >= 0.3 is 0 Å². The molecule has 0 bridgehead atoms. The molecule has 6 heteroatoms. The van der Waals surface area contributed by atoms with E-state index in [9.17, 15) is 9.18 Å². The Morgan fingerprint density at radius 3 is 2.15 bits per heavy atom. The van der Waals surface area contributed by atoms with Crippen molar-refractivity contribution in [1.29, 1.82) is 0 Å². The highest BCUT2D eigenvalue weighted by molar-refractivity contribution is 5.77. The van der Waals surface area contributed by atoms with Crippen molar-refractivity contribution in [1.82, 2.24) is 9.80 Å². The molecule has 27 heavy (non-hydrogen) atoms. The molecule has 0 N–H and O–H groups in total. The van der Waals surface area contributed by atoms with E-state index in [1.165, 1.54) is 0 Å². The second kappa shape index (κ2) is 9.19. The molecule has 2 aliphatic heterocycles. The number of piperidine rings is 2. The van der Waals surface area contributed by atoms with Crippen LogP contribution in [0.2, 0.25) is 0 Å². The van der Waals surface area contributed by atoms with Crippen LogP contribution in [0.3, 0.4) is 0 Å². The minimum Gasteiger partial charge on any atom is -0.370 e. The van der Waals surface area contributed by atoms with Crippen LogP contribution in [-0.4, -0.2) is 78.5 Å². The number of carbonyl (C=O) groups is 1. The van der Waals surface area contributed by atoms with E-state index in [-0.39, 0.29) is 29.8 Å². The molecule has 0 aromatic rings. The van der Waals surface area contributed by atoms with E-state index in [1.54, 1.807) is 0 Å². The number of carbonyl (C=O) groups excluding carboxylic acids is 1. The lowest BCUT2D eigenvalue weighted by Gasteiger charge is -2.40. The molecule has 158 valence electrons. The zero-order chi connectivity index (χ0) is 20.2. The van der Waals surface area contributed by atoms with E-state index < -0.39 is 6.17 Å². The Morgan fingerprint density at radius 2 is 1.63 bits per heavy atom. The Morgan fingerprint density at radius 1 is 1.00 bits per heavy atom. The molecule has 2 rings (SSSR count). The molecule has 2 heterocycles. The topological polar surface area (TPSA) is 42.0 Å². The van der Waals surface area contributed by atoms with E-state index in [2.05, 4.69) is 4.90 Å². The van der Waals surface area contributed by atoms with Crippen molar-refractivity contribution < 1.29 is 18.7 Å². The Bertz CT molecular complexity index is 479. The zero-order valence-electron chi connectivity index (χ0n) is 18.1. The van der Waals surface area contributed by atoms with E-state index in [0.29, 0.717) is 12.5 Å². The molecular formula is C21H39FN2O3. The van der Waals surface area contributed by atoms with Crippen LogP contribution in [0.5, 0.6) is 0 Å². The predicted molar refractivity (Wildman–Crippen MR) is 106 cm³/mol. The molecule has 2 atom stereocenters. The van der Waals surface area contributed by atoms with Crippen molar-refractivity contribution >= 4 is 5.91 Å². The maximum Gasteiger partial charge on any atom is 0.248 e. The molecule has 0 saturated carbocycles. The van der Waals surface area contributed by atoms with Crippen molar-refractivity contribution in [2.45, 2.75) is 84.3 Å². The average Bonchev–Trinajstić information content (AvgIpc) is 2.54. The van der Waals surface area contributed by atoms with Gasteiger partial charge in [0.2, 0.25) is 5.91 Å². The molecule has 0 spiro atoms. The first kappa shape index (κ1) is 22.6. The first-order chi connectivity index (χ1) is 12.4. The van der Waals surface area contributed by atoms with Gasteiger partial charge in [0, 0.05) is 32.7 Å². The van der Waals surface area contributed by atoms with Gasteiger partial charge in [-0.1, -0.05) is 0 Å². The molecule has 5 nitrogen and oxygen atoms in total. The molecule has 1 amide bonds. The number of hydrogen-bond acceptors (Lipinski definition) is 4. The van der Waals surface area contributed by atoms with Gasteiger partial charge in [0.05, 0.1) is 17.3 Å². The van der Waals surface area contributed by atoms with E-state index >= 15 is 0 Å². The lowest BCUT2D eigenvalue weighted by molar-refractivity contribution is -0.142. The van der Waals surface area contributed by atoms with Crippen LogP contribution in [0.15, 0.2) is 0 Å². The maximum atomic E-state index is 14.5. The number of nitrogens with zero attached hydrogens (tertiary/aromatic N) is 2. The predicted octanol–water partition coefficient (Wildman–Crippen LogP) is 3.27. The number of ether oxygens (including phenoxy) is 2. The molecular weight excluding hydrogens is 347 g/mol. The Hall–Kier alpha value is -0.720. The van der Waals surface area contributed by atoms with Crippen molar-refractivity contribution in [3.05, 3.63) is 0 Å². The van der Waals surface area contributed by atoms with Gasteiger partial charge in [0.25, 0.3) is 0 Å². The fourth-order valence-corrected chi connectivity index (χ4v) is 3.80. The van der Waals surface area contributed by atoms with E-state index in [0.717, 1.165) is 45.4 Å². The second-order valence-electron chi connectivity index (χ2n) is 10.1. The fraction of sp³-hybridized carbons (Fsp3) is 0.952. The summed E-state index contributed by atoms with van der Waals surface area (Å²) in [6.45, 7) is 15.8. The van der Waals surface area contributed by atoms with Gasteiger partial charge in [-0.2, -0.15) is 0 Å². The fourth-order valence-electron chi connectivity index (χ4n) is 3.80. The van der Waals surface area contributed by atoms with Crippen molar-refractivity contribution in [2.24, 2.45) is 5.92 Å². The van der Waals surface area contributed by atoms with Crippen LogP contribution in [0.1, 0.15) is 60.8 Å². The highest BCUT2D eigenvalue weighted by atomic mass is 19.1. The molecule has 2 aliphatic rings. The third kappa shape index (κ3) is 8.04. The van der Waals surface area contributed by atoms with Crippen LogP contribution in [0, 0.1) is 5.92 Å². The SMILES string of the molecule is CC(C)(C)OCC(=O)N1CCC(CN2CCC(OC(C)(C)C)C(F)C2)CC1. The Kier molecular flexibility index (Phi) is 7.68. The maximum absolute atomic E-state index is 14.5. The summed E-state index contributed by atoms with van der Waals surface area (Å²) in [5.74, 6) is 0.609. The average molecular weight is 387 g/mol. The first-order valence-electron chi connectivity index (χ1n) is 10.4. The van der Waals surface area contributed by atoms with Gasteiger partial charge in [-0.25, -0.2) is 4.39 Å². The molecule has 0 aliphatic carbocycles. The monoisotopic (exact) mass is 386 g/mol. The smallest absolute Gasteiger partial charge is 0.248 e. The van der Waals surface area contributed by atoms with Gasteiger partial charge in [-0.3, -0.25) is 9.69 Å². The van der Waals surface area contributed by atoms with Gasteiger partial charge < -0.3 is 14.4 Å². The van der Waals surface area contributed by atoms with Crippen LogP contribution in [0.25, 0.3) is 0 Å². The number of hydrogen-bond donors (Lipinski definition) is 0. The summed E-state index contributed by atoms with van der Waals surface area (Å²) >= 11 is 0. The van der Waals surface area contributed by atoms with Crippen LogP contribution in [-0.2, 0) is 14.3 Å². The van der Waals surface area contributed by atoms with Gasteiger partial charge in [-0.15, -0.1) is 0 Å². The van der Waals surface area contributed by atoms with Crippen molar-refractivity contribution in [3.63, 3.8) is 0 Å². The molecule has 2 fully saturated rings. The summed E-state index contributed by atoms with van der Waals surface area (Å²) in [7, 11) is 0. The number of halogens is 1. The third-order valence-corrected chi connectivity index (χ3v) is 5.18. The highest BCUT2D eigenvalue weighted by Gasteiger charge is 2.34. The van der Waals surface area contributed by atoms with E-state index in [4.69, 9.17) is 9.47 Å². The summed E-state index contributed by atoms with van der Waals surface area (Å²) in [5.41, 5.74) is -0.590. The van der Waals surface area contributed by atoms with Crippen molar-refractivity contribution in [2.75, 3.05) is 39.3 Å². The highest BCUT2D eigenvalue weighted by Crippen LogP contribution is 2.25. The Labute approximate surface area is 164 Å². The summed E-state index contributed by atoms with van der Waals surface area (Å²) in [5, 5.41) is 0. The molecule has 0 aromatic heterocycles.